The van der Waals surface area contributed by atoms with Gasteiger partial charge in [-0.15, -0.1) is 0 Å². The van der Waals surface area contributed by atoms with Crippen LogP contribution in [0.1, 0.15) is 36.6 Å². The number of anilines is 1. The van der Waals surface area contributed by atoms with E-state index in [1.807, 2.05) is 45.0 Å². The Kier molecular flexibility index (Phi) is 7.05. The lowest BCUT2D eigenvalue weighted by Gasteiger charge is -2.18. The first-order valence-electron chi connectivity index (χ1n) is 9.06. The first-order chi connectivity index (χ1) is 13.3. The number of ether oxygens (including phenoxy) is 1. The Morgan fingerprint density at radius 3 is 2.68 bits per heavy atom. The van der Waals surface area contributed by atoms with Crippen LogP contribution in [0.15, 0.2) is 48.2 Å². The van der Waals surface area contributed by atoms with Crippen LogP contribution >= 0.6 is 0 Å². The maximum Gasteiger partial charge on any atom is 0.267 e. The summed E-state index contributed by atoms with van der Waals surface area (Å²) in [5.74, 6) is 0.361. The SMILES string of the molecule is CCOc1ccc(C)cc1C(C)N/C=C(/C#N)C(=O)Nc1ccc(O)cc1C. The predicted molar refractivity (Wildman–Crippen MR) is 109 cm³/mol. The van der Waals surface area contributed by atoms with Gasteiger partial charge in [-0.3, -0.25) is 4.79 Å². The lowest BCUT2D eigenvalue weighted by Crippen LogP contribution is -2.19. The molecule has 2 rings (SSSR count). The molecule has 0 radical (unpaired) electrons. The summed E-state index contributed by atoms with van der Waals surface area (Å²) >= 11 is 0. The number of nitrogens with one attached hydrogen (secondary N) is 2. The average Bonchev–Trinajstić information content (AvgIpc) is 2.66. The molecule has 0 aliphatic rings. The summed E-state index contributed by atoms with van der Waals surface area (Å²) in [5, 5.41) is 24.6. The van der Waals surface area contributed by atoms with E-state index in [1.165, 1.54) is 12.3 Å². The number of benzene rings is 2. The fourth-order valence-electron chi connectivity index (χ4n) is 2.72. The highest BCUT2D eigenvalue weighted by molar-refractivity contribution is 6.06. The van der Waals surface area contributed by atoms with Crippen LogP contribution in [0.25, 0.3) is 0 Å². The molecule has 28 heavy (non-hydrogen) atoms. The molecule has 6 nitrogen and oxygen atoms in total. The normalized spacial score (nSPS) is 12.0. The van der Waals surface area contributed by atoms with Crippen molar-refractivity contribution >= 4 is 11.6 Å². The standard InChI is InChI=1S/C22H25N3O3/c1-5-28-21-9-6-14(2)10-19(21)16(4)24-13-17(12-23)22(27)25-20-8-7-18(26)11-15(20)3/h6-11,13,16,24,26H,5H2,1-4H3,(H,25,27)/b17-13-. The van der Waals surface area contributed by atoms with Crippen molar-refractivity contribution in [3.63, 3.8) is 0 Å². The molecule has 0 aliphatic carbocycles. The van der Waals surface area contributed by atoms with E-state index in [0.717, 1.165) is 16.9 Å². The molecule has 0 aliphatic heterocycles. The second kappa shape index (κ2) is 9.47. The van der Waals surface area contributed by atoms with Crippen LogP contribution in [-0.4, -0.2) is 17.6 Å². The van der Waals surface area contributed by atoms with Crippen molar-refractivity contribution in [1.82, 2.24) is 5.32 Å². The Labute approximate surface area is 165 Å². The number of nitriles is 1. The lowest BCUT2D eigenvalue weighted by molar-refractivity contribution is -0.112. The molecular weight excluding hydrogens is 354 g/mol. The third-order valence-corrected chi connectivity index (χ3v) is 4.23. The quantitative estimate of drug-likeness (QED) is 0.382. The highest BCUT2D eigenvalue weighted by atomic mass is 16.5. The summed E-state index contributed by atoms with van der Waals surface area (Å²) in [6.07, 6.45) is 1.41. The smallest absolute Gasteiger partial charge is 0.267 e. The molecule has 2 aromatic carbocycles. The van der Waals surface area contributed by atoms with Crippen molar-refractivity contribution in [3.05, 3.63) is 64.9 Å². The first-order valence-corrected chi connectivity index (χ1v) is 9.06. The van der Waals surface area contributed by atoms with Crippen molar-refractivity contribution in [2.75, 3.05) is 11.9 Å². The summed E-state index contributed by atoms with van der Waals surface area (Å²) in [6.45, 7) is 8.17. The van der Waals surface area contributed by atoms with Crippen molar-refractivity contribution in [2.24, 2.45) is 0 Å². The summed E-state index contributed by atoms with van der Waals surface area (Å²) in [6, 6.07) is 12.3. The number of amides is 1. The van der Waals surface area contributed by atoms with E-state index < -0.39 is 5.91 Å². The Balaban J connectivity index is 2.15. The van der Waals surface area contributed by atoms with E-state index in [-0.39, 0.29) is 17.4 Å². The van der Waals surface area contributed by atoms with Crippen LogP contribution in [0.2, 0.25) is 0 Å². The number of phenols is 1. The topological polar surface area (TPSA) is 94.4 Å². The first kappa shape index (κ1) is 20.8. The summed E-state index contributed by atoms with van der Waals surface area (Å²) in [5.41, 5.74) is 3.23. The van der Waals surface area contributed by atoms with Gasteiger partial charge in [0.05, 0.1) is 12.6 Å². The molecule has 0 saturated carbocycles. The van der Waals surface area contributed by atoms with Gasteiger partial charge in [-0.2, -0.15) is 5.26 Å². The molecule has 6 heteroatoms. The molecule has 1 atom stereocenters. The molecule has 0 heterocycles. The number of aryl methyl sites for hydroxylation is 2. The van der Waals surface area contributed by atoms with Gasteiger partial charge in [0, 0.05) is 17.5 Å². The molecule has 0 fully saturated rings. The third kappa shape index (κ3) is 5.27. The number of aromatic hydroxyl groups is 1. The number of hydrogen-bond donors (Lipinski definition) is 3. The van der Waals surface area contributed by atoms with Crippen molar-refractivity contribution < 1.29 is 14.6 Å². The molecule has 1 amide bonds. The molecular formula is C22H25N3O3. The van der Waals surface area contributed by atoms with Gasteiger partial charge in [-0.25, -0.2) is 0 Å². The number of carbonyl (C=O) groups is 1. The minimum absolute atomic E-state index is 0.0510. The summed E-state index contributed by atoms with van der Waals surface area (Å²) in [4.78, 5) is 12.4. The summed E-state index contributed by atoms with van der Waals surface area (Å²) in [7, 11) is 0. The van der Waals surface area contributed by atoms with Gasteiger partial charge in [-0.05, 0) is 57.5 Å². The molecule has 0 saturated heterocycles. The molecule has 0 spiro atoms. The van der Waals surface area contributed by atoms with Crippen molar-refractivity contribution in [3.8, 4) is 17.6 Å². The van der Waals surface area contributed by atoms with E-state index in [2.05, 4.69) is 10.6 Å². The maximum atomic E-state index is 12.4. The molecule has 0 bridgehead atoms. The van der Waals surface area contributed by atoms with Gasteiger partial charge < -0.3 is 20.5 Å². The highest BCUT2D eigenvalue weighted by Gasteiger charge is 2.14. The number of nitrogens with zero attached hydrogens (tertiary/aromatic N) is 1. The van der Waals surface area contributed by atoms with E-state index in [1.54, 1.807) is 19.1 Å². The van der Waals surface area contributed by atoms with Crippen LogP contribution in [0.3, 0.4) is 0 Å². The van der Waals surface area contributed by atoms with E-state index in [4.69, 9.17) is 4.74 Å². The number of hydrogen-bond acceptors (Lipinski definition) is 5. The van der Waals surface area contributed by atoms with Gasteiger partial charge >= 0.3 is 0 Å². The van der Waals surface area contributed by atoms with Gasteiger partial charge in [0.1, 0.15) is 23.1 Å². The number of rotatable bonds is 7. The van der Waals surface area contributed by atoms with Gasteiger partial charge in [-0.1, -0.05) is 17.7 Å². The van der Waals surface area contributed by atoms with Gasteiger partial charge in [0.25, 0.3) is 5.91 Å². The largest absolute Gasteiger partial charge is 0.508 e. The zero-order chi connectivity index (χ0) is 20.7. The minimum Gasteiger partial charge on any atom is -0.508 e. The molecule has 2 aromatic rings. The van der Waals surface area contributed by atoms with Crippen LogP contribution in [-0.2, 0) is 4.79 Å². The van der Waals surface area contributed by atoms with Crippen LogP contribution in [0.5, 0.6) is 11.5 Å². The fraction of sp³-hybridized carbons (Fsp3) is 0.273. The van der Waals surface area contributed by atoms with E-state index in [0.29, 0.717) is 17.9 Å². The van der Waals surface area contributed by atoms with E-state index >= 15 is 0 Å². The number of carbonyl (C=O) groups excluding carboxylic acids is 1. The lowest BCUT2D eigenvalue weighted by atomic mass is 10.0. The fourth-order valence-corrected chi connectivity index (χ4v) is 2.72. The van der Waals surface area contributed by atoms with Gasteiger partial charge in [0.2, 0.25) is 0 Å². The highest BCUT2D eigenvalue weighted by Crippen LogP contribution is 2.26. The molecule has 3 N–H and O–H groups in total. The molecule has 0 aromatic heterocycles. The third-order valence-electron chi connectivity index (χ3n) is 4.23. The second-order valence-corrected chi connectivity index (χ2v) is 6.49. The molecule has 1 unspecified atom stereocenters. The Morgan fingerprint density at radius 1 is 1.29 bits per heavy atom. The Bertz CT molecular complexity index is 929. The van der Waals surface area contributed by atoms with Gasteiger partial charge in [0.15, 0.2) is 0 Å². The monoisotopic (exact) mass is 379 g/mol. The van der Waals surface area contributed by atoms with E-state index in [9.17, 15) is 15.2 Å². The number of phenolic OH excluding ortho intramolecular Hbond substituents is 1. The molecule has 146 valence electrons. The summed E-state index contributed by atoms with van der Waals surface area (Å²) < 4.78 is 5.67. The predicted octanol–water partition coefficient (Wildman–Crippen LogP) is 4.10. The Morgan fingerprint density at radius 2 is 2.04 bits per heavy atom. The zero-order valence-electron chi connectivity index (χ0n) is 16.5. The van der Waals surface area contributed by atoms with Crippen LogP contribution in [0, 0.1) is 25.2 Å². The Hall–Kier alpha value is -3.46. The van der Waals surface area contributed by atoms with Crippen LogP contribution < -0.4 is 15.4 Å². The zero-order valence-corrected chi connectivity index (χ0v) is 16.5. The second-order valence-electron chi connectivity index (χ2n) is 6.49. The van der Waals surface area contributed by atoms with Crippen molar-refractivity contribution in [2.45, 2.75) is 33.7 Å². The maximum absolute atomic E-state index is 12.4. The minimum atomic E-state index is -0.523. The van der Waals surface area contributed by atoms with Crippen molar-refractivity contribution in [1.29, 1.82) is 5.26 Å². The average molecular weight is 379 g/mol. The van der Waals surface area contributed by atoms with Crippen LogP contribution in [0.4, 0.5) is 5.69 Å².